The van der Waals surface area contributed by atoms with E-state index in [9.17, 15) is 8.78 Å². The molecule has 4 nitrogen and oxygen atoms in total. The van der Waals surface area contributed by atoms with E-state index in [0.29, 0.717) is 22.8 Å². The minimum Gasteiger partial charge on any atom is -0.493 e. The predicted molar refractivity (Wildman–Crippen MR) is 95.4 cm³/mol. The van der Waals surface area contributed by atoms with Crippen molar-refractivity contribution >= 4 is 17.8 Å². The maximum atomic E-state index is 13.3. The van der Waals surface area contributed by atoms with Crippen molar-refractivity contribution < 1.29 is 23.0 Å². The molecule has 0 spiro atoms. The van der Waals surface area contributed by atoms with Crippen LogP contribution in [0.15, 0.2) is 30.3 Å². The maximum absolute atomic E-state index is 13.3. The van der Waals surface area contributed by atoms with Gasteiger partial charge in [0.2, 0.25) is 5.75 Å². The van der Waals surface area contributed by atoms with Gasteiger partial charge in [-0.25, -0.2) is 8.78 Å². The van der Waals surface area contributed by atoms with Crippen LogP contribution >= 0.6 is 0 Å². The van der Waals surface area contributed by atoms with Gasteiger partial charge < -0.3 is 19.9 Å². The smallest absolute Gasteiger partial charge is 0.270 e. The van der Waals surface area contributed by atoms with E-state index in [2.05, 4.69) is 0 Å². The third-order valence-electron chi connectivity index (χ3n) is 3.74. The summed E-state index contributed by atoms with van der Waals surface area (Å²) in [5, 5.41) is 0. The van der Waals surface area contributed by atoms with Gasteiger partial charge in [0.05, 0.1) is 21.3 Å². The lowest BCUT2D eigenvalue weighted by atomic mass is 10.0. The summed E-state index contributed by atoms with van der Waals surface area (Å²) < 4.78 is 42.6. The van der Waals surface area contributed by atoms with Crippen molar-refractivity contribution in [3.8, 4) is 17.2 Å². The fourth-order valence-electron chi connectivity index (χ4n) is 2.38. The Morgan fingerprint density at radius 2 is 1.52 bits per heavy atom. The van der Waals surface area contributed by atoms with Gasteiger partial charge in [-0.2, -0.15) is 0 Å². The molecule has 2 N–H and O–H groups in total. The number of nitrogen functional groups attached to an aromatic ring is 1. The lowest BCUT2D eigenvalue weighted by Crippen LogP contribution is -2.07. The Labute approximate surface area is 145 Å². The van der Waals surface area contributed by atoms with E-state index in [0.717, 1.165) is 12.5 Å². The predicted octanol–water partition coefficient (Wildman–Crippen LogP) is 4.58. The Bertz CT molecular complexity index is 758. The molecule has 0 aromatic heterocycles. The Hall–Kier alpha value is -2.76. The molecule has 0 fully saturated rings. The molecular weight excluding hydrogens is 328 g/mol. The molecule has 0 bridgehead atoms. The van der Waals surface area contributed by atoms with Gasteiger partial charge in [0, 0.05) is 18.2 Å². The summed E-state index contributed by atoms with van der Waals surface area (Å²) in [6.07, 6.45) is 3.54. The first kappa shape index (κ1) is 18.6. The highest BCUT2D eigenvalue weighted by Crippen LogP contribution is 2.38. The van der Waals surface area contributed by atoms with Crippen molar-refractivity contribution in [1.82, 2.24) is 0 Å². The van der Waals surface area contributed by atoms with E-state index < -0.39 is 5.92 Å². The van der Waals surface area contributed by atoms with Crippen LogP contribution < -0.4 is 19.9 Å². The van der Waals surface area contributed by atoms with Gasteiger partial charge in [-0.3, -0.25) is 0 Å². The molecule has 0 radical (unpaired) electrons. The number of alkyl halides is 2. The Morgan fingerprint density at radius 1 is 0.920 bits per heavy atom. The summed E-state index contributed by atoms with van der Waals surface area (Å²) in [5.74, 6) is -1.38. The van der Waals surface area contributed by atoms with Crippen molar-refractivity contribution in [3.63, 3.8) is 0 Å². The summed E-state index contributed by atoms with van der Waals surface area (Å²) >= 11 is 0. The van der Waals surface area contributed by atoms with Gasteiger partial charge in [-0.1, -0.05) is 24.3 Å². The Kier molecular flexibility index (Phi) is 5.51. The van der Waals surface area contributed by atoms with Crippen LogP contribution in [0.1, 0.15) is 23.6 Å². The number of nitrogens with two attached hydrogens (primary N) is 1. The third kappa shape index (κ3) is 4.21. The van der Waals surface area contributed by atoms with Gasteiger partial charge in [0.1, 0.15) is 0 Å². The molecule has 0 heterocycles. The topological polar surface area (TPSA) is 53.7 Å². The second kappa shape index (κ2) is 7.42. The van der Waals surface area contributed by atoms with E-state index in [4.69, 9.17) is 19.9 Å². The maximum Gasteiger partial charge on any atom is 0.270 e. The summed E-state index contributed by atoms with van der Waals surface area (Å²) in [6.45, 7) is 0.840. The van der Waals surface area contributed by atoms with Crippen LogP contribution in [-0.4, -0.2) is 21.3 Å². The number of halogens is 2. The monoisotopic (exact) mass is 349 g/mol. The summed E-state index contributed by atoms with van der Waals surface area (Å²) in [7, 11) is 4.60. The average molecular weight is 349 g/mol. The molecule has 0 saturated carbocycles. The van der Waals surface area contributed by atoms with E-state index in [1.807, 2.05) is 0 Å². The first-order chi connectivity index (χ1) is 11.8. The van der Waals surface area contributed by atoms with Crippen LogP contribution in [0, 0.1) is 0 Å². The highest BCUT2D eigenvalue weighted by Gasteiger charge is 2.24. The third-order valence-corrected chi connectivity index (χ3v) is 3.74. The molecule has 0 aliphatic rings. The number of anilines is 1. The van der Waals surface area contributed by atoms with Crippen LogP contribution in [0.25, 0.3) is 12.2 Å². The lowest BCUT2D eigenvalue weighted by Gasteiger charge is -2.13. The number of rotatable bonds is 6. The second-order valence-corrected chi connectivity index (χ2v) is 5.52. The molecule has 6 heteroatoms. The molecule has 25 heavy (non-hydrogen) atoms. The largest absolute Gasteiger partial charge is 0.493 e. The number of hydrogen-bond donors (Lipinski definition) is 1. The fourth-order valence-corrected chi connectivity index (χ4v) is 2.38. The molecular formula is C19H21F2NO3. The number of methoxy groups -OCH3 is 3. The number of ether oxygens (including phenoxy) is 3. The molecule has 2 aromatic carbocycles. The minimum absolute atomic E-state index is 0.116. The highest BCUT2D eigenvalue weighted by molar-refractivity contribution is 5.77. The van der Waals surface area contributed by atoms with Crippen molar-refractivity contribution in [2.45, 2.75) is 12.8 Å². The molecule has 0 aliphatic heterocycles. The quantitative estimate of drug-likeness (QED) is 0.613. The van der Waals surface area contributed by atoms with Crippen molar-refractivity contribution in [1.29, 1.82) is 0 Å². The van der Waals surface area contributed by atoms with Crippen molar-refractivity contribution in [3.05, 3.63) is 47.0 Å². The van der Waals surface area contributed by atoms with E-state index >= 15 is 0 Å². The van der Waals surface area contributed by atoms with Crippen LogP contribution in [0.3, 0.4) is 0 Å². The van der Waals surface area contributed by atoms with Crippen LogP contribution in [0.2, 0.25) is 0 Å². The van der Waals surface area contributed by atoms with E-state index in [1.165, 1.54) is 33.5 Å². The van der Waals surface area contributed by atoms with Gasteiger partial charge in [-0.15, -0.1) is 0 Å². The fraction of sp³-hybridized carbons (Fsp3) is 0.263. The summed E-state index contributed by atoms with van der Waals surface area (Å²) in [5.41, 5.74) is 7.48. The zero-order valence-corrected chi connectivity index (χ0v) is 14.6. The summed E-state index contributed by atoms with van der Waals surface area (Å²) in [6, 6.07) is 7.78. The molecule has 2 aromatic rings. The Morgan fingerprint density at radius 3 is 1.96 bits per heavy atom. The van der Waals surface area contributed by atoms with Crippen LogP contribution in [0.5, 0.6) is 17.2 Å². The van der Waals surface area contributed by atoms with Crippen LogP contribution in [-0.2, 0) is 5.92 Å². The van der Waals surface area contributed by atoms with E-state index in [-0.39, 0.29) is 11.3 Å². The highest BCUT2D eigenvalue weighted by atomic mass is 19.3. The molecule has 0 amide bonds. The van der Waals surface area contributed by atoms with Crippen LogP contribution in [0.4, 0.5) is 14.5 Å². The summed E-state index contributed by atoms with van der Waals surface area (Å²) in [4.78, 5) is 0. The minimum atomic E-state index is -2.92. The number of hydrogen-bond acceptors (Lipinski definition) is 4. The lowest BCUT2D eigenvalue weighted by molar-refractivity contribution is 0.0175. The number of benzene rings is 2. The van der Waals surface area contributed by atoms with Gasteiger partial charge >= 0.3 is 0 Å². The zero-order valence-electron chi connectivity index (χ0n) is 14.6. The molecule has 2 rings (SSSR count). The molecule has 134 valence electrons. The van der Waals surface area contributed by atoms with Gasteiger partial charge in [-0.05, 0) is 29.3 Å². The SMILES string of the molecule is COc1cc(/C=C\c2ccc(C(C)(F)F)cc2N)cc(OC)c1OC. The normalized spacial score (nSPS) is 11.6. The molecule has 0 unspecified atom stereocenters. The molecule has 0 atom stereocenters. The van der Waals surface area contributed by atoms with Crippen molar-refractivity contribution in [2.24, 2.45) is 0 Å². The molecule has 0 aliphatic carbocycles. The average Bonchev–Trinajstić information content (AvgIpc) is 2.58. The zero-order chi connectivity index (χ0) is 18.6. The van der Waals surface area contributed by atoms with Gasteiger partial charge in [0.15, 0.2) is 11.5 Å². The standard InChI is InChI=1S/C19H21F2NO3/c1-19(20,21)14-8-7-13(15(22)11-14)6-5-12-9-16(23-2)18(25-4)17(10-12)24-3/h5-11H,22H2,1-4H3/b6-5-. The van der Waals surface area contributed by atoms with Crippen molar-refractivity contribution in [2.75, 3.05) is 27.1 Å². The van der Waals surface area contributed by atoms with Gasteiger partial charge in [0.25, 0.3) is 5.92 Å². The second-order valence-electron chi connectivity index (χ2n) is 5.52. The Balaban J connectivity index is 2.36. The first-order valence-corrected chi connectivity index (χ1v) is 7.56. The van der Waals surface area contributed by atoms with E-state index in [1.54, 1.807) is 30.4 Å². The first-order valence-electron chi connectivity index (χ1n) is 7.56. The molecule has 0 saturated heterocycles.